The average molecular weight is 278 g/mol. The second-order valence-corrected chi connectivity index (χ2v) is 4.63. The number of benzene rings is 1. The molecule has 0 aliphatic heterocycles. The summed E-state index contributed by atoms with van der Waals surface area (Å²) in [5, 5.41) is 7.03. The van der Waals surface area contributed by atoms with Gasteiger partial charge in [-0.15, -0.1) is 0 Å². The highest BCUT2D eigenvalue weighted by Gasteiger charge is 2.10. The van der Waals surface area contributed by atoms with Gasteiger partial charge < -0.3 is 5.32 Å². The summed E-state index contributed by atoms with van der Waals surface area (Å²) in [6.07, 6.45) is 5.03. The van der Waals surface area contributed by atoms with Gasteiger partial charge >= 0.3 is 0 Å². The van der Waals surface area contributed by atoms with Crippen molar-refractivity contribution in [2.24, 2.45) is 0 Å². The van der Waals surface area contributed by atoms with E-state index in [0.717, 1.165) is 5.56 Å². The van der Waals surface area contributed by atoms with Gasteiger partial charge in [0.15, 0.2) is 5.82 Å². The van der Waals surface area contributed by atoms with Gasteiger partial charge in [-0.05, 0) is 30.7 Å². The molecule has 3 aromatic rings. The molecular formula is C16H14N4O. The van der Waals surface area contributed by atoms with Crippen molar-refractivity contribution in [1.82, 2.24) is 14.8 Å². The normalized spacial score (nSPS) is 10.3. The first kappa shape index (κ1) is 13.1. The Labute approximate surface area is 122 Å². The summed E-state index contributed by atoms with van der Waals surface area (Å²) < 4.78 is 1.62. The minimum absolute atomic E-state index is 0.145. The molecule has 0 unspecified atom stereocenters. The van der Waals surface area contributed by atoms with Gasteiger partial charge in [0.1, 0.15) is 0 Å². The van der Waals surface area contributed by atoms with Crippen molar-refractivity contribution in [3.8, 4) is 5.82 Å². The first-order valence-electron chi connectivity index (χ1n) is 6.57. The number of nitrogens with zero attached hydrogens (tertiary/aromatic N) is 3. The van der Waals surface area contributed by atoms with E-state index in [2.05, 4.69) is 15.4 Å². The SMILES string of the molecule is Cc1ccccc1C(=O)Nc1cnn(-c2ccccn2)c1. The molecule has 0 saturated carbocycles. The molecule has 21 heavy (non-hydrogen) atoms. The van der Waals surface area contributed by atoms with Crippen molar-refractivity contribution in [1.29, 1.82) is 0 Å². The third-order valence-corrected chi connectivity index (χ3v) is 3.11. The van der Waals surface area contributed by atoms with E-state index in [-0.39, 0.29) is 5.91 Å². The number of aromatic nitrogens is 3. The number of hydrogen-bond acceptors (Lipinski definition) is 3. The monoisotopic (exact) mass is 278 g/mol. The molecular weight excluding hydrogens is 264 g/mol. The quantitative estimate of drug-likeness (QED) is 0.801. The zero-order valence-electron chi connectivity index (χ0n) is 11.5. The van der Waals surface area contributed by atoms with Crippen LogP contribution in [0.5, 0.6) is 0 Å². The fourth-order valence-electron chi connectivity index (χ4n) is 2.03. The lowest BCUT2D eigenvalue weighted by molar-refractivity contribution is 0.102. The average Bonchev–Trinajstić information content (AvgIpc) is 2.97. The Morgan fingerprint density at radius 1 is 1.14 bits per heavy atom. The number of nitrogens with one attached hydrogen (secondary N) is 1. The molecule has 0 radical (unpaired) electrons. The molecule has 5 nitrogen and oxygen atoms in total. The van der Waals surface area contributed by atoms with Gasteiger partial charge in [-0.1, -0.05) is 24.3 Å². The van der Waals surface area contributed by atoms with Gasteiger partial charge in [-0.25, -0.2) is 9.67 Å². The first-order chi connectivity index (χ1) is 10.2. The van der Waals surface area contributed by atoms with Crippen molar-refractivity contribution in [2.75, 3.05) is 5.32 Å². The predicted molar refractivity (Wildman–Crippen MR) is 80.5 cm³/mol. The number of amides is 1. The van der Waals surface area contributed by atoms with Crippen LogP contribution in [0.1, 0.15) is 15.9 Å². The van der Waals surface area contributed by atoms with Gasteiger partial charge in [0.05, 0.1) is 18.1 Å². The number of carbonyl (C=O) groups excluding carboxylic acids is 1. The van der Waals surface area contributed by atoms with Crippen LogP contribution in [0, 0.1) is 6.92 Å². The van der Waals surface area contributed by atoms with Crippen LogP contribution in [-0.4, -0.2) is 20.7 Å². The lowest BCUT2D eigenvalue weighted by Crippen LogP contribution is -2.12. The van der Waals surface area contributed by atoms with Crippen LogP contribution in [0.4, 0.5) is 5.69 Å². The van der Waals surface area contributed by atoms with E-state index in [1.54, 1.807) is 29.3 Å². The number of aryl methyl sites for hydroxylation is 1. The van der Waals surface area contributed by atoms with Crippen molar-refractivity contribution < 1.29 is 4.79 Å². The van der Waals surface area contributed by atoms with E-state index in [9.17, 15) is 4.79 Å². The molecule has 0 fully saturated rings. The zero-order chi connectivity index (χ0) is 14.7. The smallest absolute Gasteiger partial charge is 0.256 e. The molecule has 104 valence electrons. The standard InChI is InChI=1S/C16H14N4O/c1-12-6-2-3-7-14(12)16(21)19-13-10-18-20(11-13)15-8-4-5-9-17-15/h2-11H,1H3,(H,19,21). The molecule has 1 N–H and O–H groups in total. The molecule has 1 amide bonds. The van der Waals surface area contributed by atoms with Gasteiger partial charge in [-0.2, -0.15) is 5.10 Å². The molecule has 0 atom stereocenters. The maximum Gasteiger partial charge on any atom is 0.256 e. The third-order valence-electron chi connectivity index (χ3n) is 3.11. The number of hydrogen-bond donors (Lipinski definition) is 1. The molecule has 5 heteroatoms. The molecule has 0 spiro atoms. The second-order valence-electron chi connectivity index (χ2n) is 4.63. The molecule has 2 heterocycles. The van der Waals surface area contributed by atoms with Crippen LogP contribution in [0.2, 0.25) is 0 Å². The van der Waals surface area contributed by atoms with Crippen molar-refractivity contribution in [3.05, 3.63) is 72.2 Å². The number of anilines is 1. The van der Waals surface area contributed by atoms with E-state index in [4.69, 9.17) is 0 Å². The molecule has 0 aliphatic rings. The van der Waals surface area contributed by atoms with Crippen molar-refractivity contribution in [2.45, 2.75) is 6.92 Å². The molecule has 0 aliphatic carbocycles. The summed E-state index contributed by atoms with van der Waals surface area (Å²) in [5.74, 6) is 0.558. The lowest BCUT2D eigenvalue weighted by Gasteiger charge is -2.05. The first-order valence-corrected chi connectivity index (χ1v) is 6.57. The Morgan fingerprint density at radius 2 is 1.95 bits per heavy atom. The van der Waals surface area contributed by atoms with E-state index < -0.39 is 0 Å². The van der Waals surface area contributed by atoms with E-state index in [1.807, 2.05) is 43.3 Å². The van der Waals surface area contributed by atoms with Crippen LogP contribution in [0.25, 0.3) is 5.82 Å². The summed E-state index contributed by atoms with van der Waals surface area (Å²) in [6, 6.07) is 13.0. The Bertz CT molecular complexity index is 765. The van der Waals surface area contributed by atoms with Gasteiger partial charge in [-0.3, -0.25) is 4.79 Å². The Balaban J connectivity index is 1.79. The van der Waals surface area contributed by atoms with Crippen LogP contribution in [-0.2, 0) is 0 Å². The summed E-state index contributed by atoms with van der Waals surface area (Å²) in [6.45, 7) is 1.91. The fourth-order valence-corrected chi connectivity index (χ4v) is 2.03. The largest absolute Gasteiger partial charge is 0.319 e. The Morgan fingerprint density at radius 3 is 2.71 bits per heavy atom. The summed E-state index contributed by atoms with van der Waals surface area (Å²) in [4.78, 5) is 16.4. The second kappa shape index (κ2) is 5.58. The molecule has 0 saturated heterocycles. The highest BCUT2D eigenvalue weighted by atomic mass is 16.1. The fraction of sp³-hybridized carbons (Fsp3) is 0.0625. The maximum absolute atomic E-state index is 12.2. The Hall–Kier alpha value is -2.95. The minimum atomic E-state index is -0.145. The molecule has 3 rings (SSSR count). The van der Waals surface area contributed by atoms with Gasteiger partial charge in [0, 0.05) is 11.8 Å². The molecule has 2 aromatic heterocycles. The summed E-state index contributed by atoms with van der Waals surface area (Å²) in [7, 11) is 0. The summed E-state index contributed by atoms with van der Waals surface area (Å²) in [5.41, 5.74) is 2.23. The lowest BCUT2D eigenvalue weighted by atomic mass is 10.1. The highest BCUT2D eigenvalue weighted by Crippen LogP contribution is 2.13. The van der Waals surface area contributed by atoms with E-state index in [1.165, 1.54) is 0 Å². The van der Waals surface area contributed by atoms with E-state index >= 15 is 0 Å². The third kappa shape index (κ3) is 2.81. The molecule has 1 aromatic carbocycles. The van der Waals surface area contributed by atoms with Crippen LogP contribution >= 0.6 is 0 Å². The van der Waals surface area contributed by atoms with E-state index in [0.29, 0.717) is 17.1 Å². The highest BCUT2D eigenvalue weighted by molar-refractivity contribution is 6.05. The predicted octanol–water partition coefficient (Wildman–Crippen LogP) is 2.83. The van der Waals surface area contributed by atoms with Gasteiger partial charge in [0.2, 0.25) is 0 Å². The number of rotatable bonds is 3. The molecule has 0 bridgehead atoms. The van der Waals surface area contributed by atoms with Crippen LogP contribution in [0.15, 0.2) is 61.1 Å². The number of carbonyl (C=O) groups is 1. The van der Waals surface area contributed by atoms with Crippen molar-refractivity contribution >= 4 is 11.6 Å². The van der Waals surface area contributed by atoms with Gasteiger partial charge in [0.25, 0.3) is 5.91 Å². The minimum Gasteiger partial charge on any atom is -0.319 e. The summed E-state index contributed by atoms with van der Waals surface area (Å²) >= 11 is 0. The van der Waals surface area contributed by atoms with Crippen molar-refractivity contribution in [3.63, 3.8) is 0 Å². The zero-order valence-corrected chi connectivity index (χ0v) is 11.5. The topological polar surface area (TPSA) is 59.8 Å². The Kier molecular flexibility index (Phi) is 3.47. The maximum atomic E-state index is 12.2. The number of pyridine rings is 1. The van der Waals surface area contributed by atoms with Crippen LogP contribution < -0.4 is 5.32 Å². The van der Waals surface area contributed by atoms with Crippen LogP contribution in [0.3, 0.4) is 0 Å².